The normalized spacial score (nSPS) is 10.9. The molecule has 0 aliphatic carbocycles. The van der Waals surface area contributed by atoms with E-state index in [1.54, 1.807) is 19.1 Å². The number of carbonyl (C=O) groups excluding carboxylic acids is 1. The predicted octanol–water partition coefficient (Wildman–Crippen LogP) is 1.80. The van der Waals surface area contributed by atoms with Crippen LogP contribution >= 0.6 is 0 Å². The number of phenols is 1. The molecule has 0 aliphatic heterocycles. The van der Waals surface area contributed by atoms with Gasteiger partial charge in [-0.3, -0.25) is 4.79 Å². The van der Waals surface area contributed by atoms with Crippen molar-refractivity contribution in [3.8, 4) is 5.75 Å². The van der Waals surface area contributed by atoms with E-state index in [0.717, 1.165) is 18.8 Å². The van der Waals surface area contributed by atoms with E-state index in [4.69, 9.17) is 0 Å². The minimum absolute atomic E-state index is 0.0518. The average Bonchev–Trinajstić information content (AvgIpc) is 2.99. The van der Waals surface area contributed by atoms with Crippen LogP contribution in [-0.4, -0.2) is 45.0 Å². The molecule has 0 fully saturated rings. The summed E-state index contributed by atoms with van der Waals surface area (Å²) in [6, 6.07) is 6.50. The summed E-state index contributed by atoms with van der Waals surface area (Å²) < 4.78 is 1.22. The minimum Gasteiger partial charge on any atom is -0.507 e. The zero-order chi connectivity index (χ0) is 20.0. The highest BCUT2D eigenvalue weighted by Crippen LogP contribution is 2.23. The molecule has 1 amide bonds. The summed E-state index contributed by atoms with van der Waals surface area (Å²) >= 11 is 0. The van der Waals surface area contributed by atoms with Crippen LogP contribution in [0.15, 0.2) is 29.4 Å². The molecule has 0 saturated heterocycles. The number of phenolic OH excluding ortho intramolecular Hbond substituents is 1. The number of aromatic hydroxyl groups is 1. The van der Waals surface area contributed by atoms with Gasteiger partial charge in [0.1, 0.15) is 12.3 Å². The molecule has 144 valence electrons. The van der Waals surface area contributed by atoms with E-state index in [2.05, 4.69) is 20.5 Å². The summed E-state index contributed by atoms with van der Waals surface area (Å²) in [5.74, 6) is -0.760. The van der Waals surface area contributed by atoms with E-state index in [1.807, 2.05) is 19.9 Å². The molecule has 2 N–H and O–H groups in total. The minimum atomic E-state index is -0.621. The average molecular weight is 374 g/mol. The maximum atomic E-state index is 11.9. The van der Waals surface area contributed by atoms with Crippen molar-refractivity contribution < 1.29 is 14.8 Å². The van der Waals surface area contributed by atoms with Crippen molar-refractivity contribution >= 4 is 23.6 Å². The van der Waals surface area contributed by atoms with Crippen LogP contribution in [0.1, 0.15) is 25.1 Å². The Hall–Kier alpha value is -3.43. The van der Waals surface area contributed by atoms with Crippen molar-refractivity contribution in [3.63, 3.8) is 0 Å². The number of hydrogen-bond acceptors (Lipinski definition) is 7. The number of nitrogens with zero attached hydrogens (tertiary/aromatic N) is 5. The van der Waals surface area contributed by atoms with Crippen LogP contribution < -0.4 is 10.3 Å². The Kier molecular flexibility index (Phi) is 6.47. The Bertz CT molecular complexity index is 857. The van der Waals surface area contributed by atoms with Crippen LogP contribution in [-0.2, 0) is 11.3 Å². The van der Waals surface area contributed by atoms with Gasteiger partial charge >= 0.3 is 5.82 Å². The van der Waals surface area contributed by atoms with E-state index >= 15 is 0 Å². The Labute approximate surface area is 156 Å². The van der Waals surface area contributed by atoms with E-state index < -0.39 is 10.8 Å². The van der Waals surface area contributed by atoms with Crippen molar-refractivity contribution in [1.29, 1.82) is 0 Å². The fourth-order valence-corrected chi connectivity index (χ4v) is 2.51. The number of nitrogens with one attached hydrogen (secondary N) is 1. The predicted molar refractivity (Wildman–Crippen MR) is 101 cm³/mol. The van der Waals surface area contributed by atoms with Gasteiger partial charge in [0.25, 0.3) is 5.91 Å². The Morgan fingerprint density at radius 1 is 1.41 bits per heavy atom. The first-order valence-electron chi connectivity index (χ1n) is 8.44. The lowest BCUT2D eigenvalue weighted by atomic mass is 10.2. The van der Waals surface area contributed by atoms with E-state index in [9.17, 15) is 20.0 Å². The summed E-state index contributed by atoms with van der Waals surface area (Å²) in [4.78, 5) is 24.1. The number of hydrogen-bond donors (Lipinski definition) is 2. The molecule has 0 spiro atoms. The first-order chi connectivity index (χ1) is 12.8. The second-order valence-electron chi connectivity index (χ2n) is 5.77. The van der Waals surface area contributed by atoms with Gasteiger partial charge in [0.2, 0.25) is 0 Å². The zero-order valence-corrected chi connectivity index (χ0v) is 15.4. The molecule has 0 radical (unpaired) electrons. The van der Waals surface area contributed by atoms with Crippen LogP contribution in [0, 0.1) is 17.0 Å². The smallest absolute Gasteiger partial charge is 0.390 e. The summed E-state index contributed by atoms with van der Waals surface area (Å²) in [6.45, 7) is 7.12. The van der Waals surface area contributed by atoms with Gasteiger partial charge in [0, 0.05) is 30.4 Å². The third kappa shape index (κ3) is 5.03. The fraction of sp³-hybridized carbons (Fsp3) is 0.353. The number of hydrazone groups is 1. The van der Waals surface area contributed by atoms with Gasteiger partial charge in [-0.05, 0) is 37.8 Å². The first kappa shape index (κ1) is 19.9. The second kappa shape index (κ2) is 8.79. The third-order valence-electron chi connectivity index (χ3n) is 3.98. The molecule has 2 rings (SSSR count). The van der Waals surface area contributed by atoms with Gasteiger partial charge in [0.15, 0.2) is 0 Å². The Morgan fingerprint density at radius 3 is 2.67 bits per heavy atom. The molecule has 2 aromatic rings. The number of rotatable bonds is 8. The molecule has 0 atom stereocenters. The molecular formula is C17H22N6O4. The summed E-state index contributed by atoms with van der Waals surface area (Å²) in [7, 11) is 0. The van der Waals surface area contributed by atoms with Crippen molar-refractivity contribution in [2.45, 2.75) is 27.3 Å². The van der Waals surface area contributed by atoms with Crippen LogP contribution in [0.3, 0.4) is 0 Å². The Balaban J connectivity index is 1.98. The molecule has 0 aliphatic rings. The largest absolute Gasteiger partial charge is 0.507 e. The van der Waals surface area contributed by atoms with E-state index in [1.165, 1.54) is 17.0 Å². The van der Waals surface area contributed by atoms with Crippen molar-refractivity contribution in [2.24, 2.45) is 5.10 Å². The lowest BCUT2D eigenvalue weighted by Gasteiger charge is -2.21. The van der Waals surface area contributed by atoms with Crippen LogP contribution in [0.25, 0.3) is 0 Å². The highest BCUT2D eigenvalue weighted by Gasteiger charge is 2.17. The van der Waals surface area contributed by atoms with Gasteiger partial charge in [0.05, 0.1) is 23.1 Å². The van der Waals surface area contributed by atoms with Gasteiger partial charge in [-0.2, -0.15) is 9.78 Å². The molecular weight excluding hydrogens is 352 g/mol. The maximum absolute atomic E-state index is 11.9. The quantitative estimate of drug-likeness (QED) is 0.412. The Morgan fingerprint density at radius 2 is 2.11 bits per heavy atom. The molecule has 1 aromatic carbocycles. The summed E-state index contributed by atoms with van der Waals surface area (Å²) in [5, 5.41) is 28.4. The molecule has 10 nitrogen and oxygen atoms in total. The maximum Gasteiger partial charge on any atom is 0.390 e. The monoisotopic (exact) mass is 374 g/mol. The van der Waals surface area contributed by atoms with Crippen LogP contribution in [0.2, 0.25) is 0 Å². The summed E-state index contributed by atoms with van der Waals surface area (Å²) in [6.07, 6.45) is 1.33. The number of nitro groups is 1. The van der Waals surface area contributed by atoms with Gasteiger partial charge in [-0.1, -0.05) is 0 Å². The highest BCUT2D eigenvalue weighted by atomic mass is 16.6. The summed E-state index contributed by atoms with van der Waals surface area (Å²) in [5.41, 5.74) is 4.16. The van der Waals surface area contributed by atoms with Gasteiger partial charge in [-0.15, -0.1) is 0 Å². The fourth-order valence-electron chi connectivity index (χ4n) is 2.51. The van der Waals surface area contributed by atoms with Crippen molar-refractivity contribution in [3.05, 3.63) is 45.6 Å². The number of anilines is 1. The lowest BCUT2D eigenvalue weighted by Crippen LogP contribution is -2.24. The van der Waals surface area contributed by atoms with E-state index in [-0.39, 0.29) is 18.1 Å². The number of aromatic nitrogens is 2. The SMILES string of the molecule is CCN(CC)c1ccc(/C=N\NC(=O)Cn2nc([N+](=O)[O-])cc2C)c(O)c1. The standard InChI is InChI=1S/C17H22N6O4/c1-4-21(5-2)14-7-6-13(15(24)9-14)10-18-19-17(25)11-22-12(3)8-16(20-22)23(26)27/h6-10,24H,4-5,11H2,1-3H3,(H,19,25)/b18-10-. The molecule has 10 heteroatoms. The molecule has 0 bridgehead atoms. The molecule has 0 unspecified atom stereocenters. The second-order valence-corrected chi connectivity index (χ2v) is 5.77. The number of aryl methyl sites for hydroxylation is 1. The third-order valence-corrected chi connectivity index (χ3v) is 3.98. The van der Waals surface area contributed by atoms with Crippen molar-refractivity contribution in [1.82, 2.24) is 15.2 Å². The molecule has 1 heterocycles. The molecule has 27 heavy (non-hydrogen) atoms. The first-order valence-corrected chi connectivity index (χ1v) is 8.44. The van der Waals surface area contributed by atoms with Gasteiger partial charge in [-0.25, -0.2) is 5.43 Å². The van der Waals surface area contributed by atoms with Crippen LogP contribution in [0.5, 0.6) is 5.75 Å². The number of amides is 1. The molecule has 0 saturated carbocycles. The van der Waals surface area contributed by atoms with Crippen molar-refractivity contribution in [2.75, 3.05) is 18.0 Å². The number of benzene rings is 1. The van der Waals surface area contributed by atoms with E-state index in [0.29, 0.717) is 11.3 Å². The number of carbonyl (C=O) groups is 1. The zero-order valence-electron chi connectivity index (χ0n) is 15.4. The topological polar surface area (TPSA) is 126 Å². The molecule has 1 aromatic heterocycles. The lowest BCUT2D eigenvalue weighted by molar-refractivity contribution is -0.389. The van der Waals surface area contributed by atoms with Gasteiger partial charge < -0.3 is 20.1 Å². The van der Waals surface area contributed by atoms with Crippen LogP contribution in [0.4, 0.5) is 11.5 Å². The highest BCUT2D eigenvalue weighted by molar-refractivity contribution is 5.86.